The van der Waals surface area contributed by atoms with Gasteiger partial charge in [0.05, 0.1) is 5.52 Å². The number of nitrogens with zero attached hydrogens (tertiary/aromatic N) is 1. The van der Waals surface area contributed by atoms with E-state index in [2.05, 4.69) is 23.2 Å². The third-order valence-corrected chi connectivity index (χ3v) is 3.13. The molecule has 0 aliphatic heterocycles. The Hall–Kier alpha value is -1.86. The van der Waals surface area contributed by atoms with Crippen LogP contribution in [0.15, 0.2) is 60.8 Å². The summed E-state index contributed by atoms with van der Waals surface area (Å²) in [7, 11) is 0. The summed E-state index contributed by atoms with van der Waals surface area (Å²) < 4.78 is 0. The molecule has 3 rings (SSSR count). The first-order valence-electron chi connectivity index (χ1n) is 5.45. The Morgan fingerprint density at radius 3 is 2.41 bits per heavy atom. The number of halogens is 1. The van der Waals surface area contributed by atoms with Crippen molar-refractivity contribution in [2.45, 2.75) is 0 Å². The molecule has 0 aliphatic rings. The molecule has 0 aliphatic carbocycles. The standard InChI is InChI=1S/C15H10ClN/c16-14-9-2-1-7-12(14)13-8-3-5-11-6-4-10-17-15(11)13/h1-10H. The molecular formula is C15H10ClN. The lowest BCUT2D eigenvalue weighted by molar-refractivity contribution is 1.41. The summed E-state index contributed by atoms with van der Waals surface area (Å²) in [5, 5.41) is 1.88. The number of rotatable bonds is 1. The average molecular weight is 240 g/mol. The van der Waals surface area contributed by atoms with Crippen molar-refractivity contribution >= 4 is 22.5 Å². The van der Waals surface area contributed by atoms with E-state index in [4.69, 9.17) is 11.6 Å². The zero-order valence-corrected chi connectivity index (χ0v) is 9.85. The van der Waals surface area contributed by atoms with Crippen molar-refractivity contribution in [3.63, 3.8) is 0 Å². The summed E-state index contributed by atoms with van der Waals surface area (Å²) >= 11 is 6.23. The van der Waals surface area contributed by atoms with Gasteiger partial charge in [-0.3, -0.25) is 4.98 Å². The van der Waals surface area contributed by atoms with Crippen LogP contribution in [-0.2, 0) is 0 Å². The van der Waals surface area contributed by atoms with Gasteiger partial charge >= 0.3 is 0 Å². The predicted octanol–water partition coefficient (Wildman–Crippen LogP) is 4.56. The second-order valence-corrected chi connectivity index (χ2v) is 4.27. The van der Waals surface area contributed by atoms with Crippen LogP contribution in [0.2, 0.25) is 5.02 Å². The minimum absolute atomic E-state index is 0.755. The lowest BCUT2D eigenvalue weighted by Crippen LogP contribution is -1.84. The molecule has 2 heteroatoms. The van der Waals surface area contributed by atoms with E-state index in [1.165, 1.54) is 0 Å². The Morgan fingerprint density at radius 1 is 0.765 bits per heavy atom. The molecular weight excluding hydrogens is 230 g/mol. The van der Waals surface area contributed by atoms with Gasteiger partial charge in [0.15, 0.2) is 0 Å². The Bertz CT molecular complexity index is 671. The van der Waals surface area contributed by atoms with Gasteiger partial charge in [0.2, 0.25) is 0 Å². The van der Waals surface area contributed by atoms with Crippen molar-refractivity contribution in [1.82, 2.24) is 4.98 Å². The Labute approximate surface area is 105 Å². The van der Waals surface area contributed by atoms with Gasteiger partial charge in [-0.2, -0.15) is 0 Å². The van der Waals surface area contributed by atoms with Gasteiger partial charge in [-0.1, -0.05) is 54.1 Å². The zero-order valence-electron chi connectivity index (χ0n) is 9.10. The first-order valence-corrected chi connectivity index (χ1v) is 5.83. The number of hydrogen-bond donors (Lipinski definition) is 0. The fraction of sp³-hybridized carbons (Fsp3) is 0. The highest BCUT2D eigenvalue weighted by atomic mass is 35.5. The van der Waals surface area contributed by atoms with Crippen LogP contribution in [0.4, 0.5) is 0 Å². The quantitative estimate of drug-likeness (QED) is 0.607. The summed E-state index contributed by atoms with van der Waals surface area (Å²) in [5.41, 5.74) is 3.09. The summed E-state index contributed by atoms with van der Waals surface area (Å²) in [4.78, 5) is 4.44. The molecule has 17 heavy (non-hydrogen) atoms. The number of hydrogen-bond acceptors (Lipinski definition) is 1. The molecule has 0 bridgehead atoms. The lowest BCUT2D eigenvalue weighted by Gasteiger charge is -2.07. The molecule has 0 saturated carbocycles. The summed E-state index contributed by atoms with van der Waals surface area (Å²) in [6, 6.07) is 18.0. The zero-order chi connectivity index (χ0) is 11.7. The van der Waals surface area contributed by atoms with E-state index >= 15 is 0 Å². The molecule has 0 atom stereocenters. The maximum atomic E-state index is 6.23. The van der Waals surface area contributed by atoms with Gasteiger partial charge < -0.3 is 0 Å². The maximum absolute atomic E-state index is 6.23. The molecule has 0 fully saturated rings. The largest absolute Gasteiger partial charge is 0.256 e. The number of aromatic nitrogens is 1. The van der Waals surface area contributed by atoms with Gasteiger partial charge in [0, 0.05) is 27.7 Å². The highest BCUT2D eigenvalue weighted by Gasteiger charge is 2.06. The minimum Gasteiger partial charge on any atom is -0.256 e. The van der Waals surface area contributed by atoms with Crippen LogP contribution in [0.25, 0.3) is 22.0 Å². The van der Waals surface area contributed by atoms with Crippen LogP contribution >= 0.6 is 11.6 Å². The van der Waals surface area contributed by atoms with Crippen LogP contribution in [-0.4, -0.2) is 4.98 Å². The van der Waals surface area contributed by atoms with Crippen molar-refractivity contribution in [3.8, 4) is 11.1 Å². The maximum Gasteiger partial charge on any atom is 0.0780 e. The Kier molecular flexibility index (Phi) is 2.54. The highest BCUT2D eigenvalue weighted by Crippen LogP contribution is 2.31. The van der Waals surface area contributed by atoms with E-state index in [-0.39, 0.29) is 0 Å². The monoisotopic (exact) mass is 239 g/mol. The van der Waals surface area contributed by atoms with Crippen molar-refractivity contribution in [1.29, 1.82) is 0 Å². The van der Waals surface area contributed by atoms with E-state index in [0.717, 1.165) is 27.1 Å². The van der Waals surface area contributed by atoms with Crippen molar-refractivity contribution < 1.29 is 0 Å². The summed E-state index contributed by atoms with van der Waals surface area (Å²) in [6.07, 6.45) is 1.81. The SMILES string of the molecule is Clc1ccccc1-c1cccc2cccnc12. The molecule has 2 aromatic carbocycles. The van der Waals surface area contributed by atoms with E-state index in [1.54, 1.807) is 0 Å². The van der Waals surface area contributed by atoms with Crippen molar-refractivity contribution in [3.05, 3.63) is 65.8 Å². The topological polar surface area (TPSA) is 12.9 Å². The molecule has 1 aromatic heterocycles. The van der Waals surface area contributed by atoms with Crippen molar-refractivity contribution in [2.75, 3.05) is 0 Å². The number of para-hydroxylation sites is 1. The van der Waals surface area contributed by atoms with Gasteiger partial charge in [0.1, 0.15) is 0 Å². The van der Waals surface area contributed by atoms with Crippen LogP contribution < -0.4 is 0 Å². The number of fused-ring (bicyclic) bond motifs is 1. The van der Waals surface area contributed by atoms with Gasteiger partial charge in [-0.25, -0.2) is 0 Å². The molecule has 0 radical (unpaired) electrons. The first-order chi connectivity index (χ1) is 8.36. The third-order valence-electron chi connectivity index (χ3n) is 2.80. The summed E-state index contributed by atoms with van der Waals surface area (Å²) in [5.74, 6) is 0. The second kappa shape index (κ2) is 4.19. The molecule has 1 nitrogen and oxygen atoms in total. The second-order valence-electron chi connectivity index (χ2n) is 3.86. The minimum atomic E-state index is 0.755. The molecule has 0 unspecified atom stereocenters. The highest BCUT2D eigenvalue weighted by molar-refractivity contribution is 6.33. The summed E-state index contributed by atoms with van der Waals surface area (Å²) in [6.45, 7) is 0. The van der Waals surface area contributed by atoms with Crippen LogP contribution in [0.1, 0.15) is 0 Å². The van der Waals surface area contributed by atoms with E-state index in [1.807, 2.05) is 42.6 Å². The normalized spacial score (nSPS) is 10.6. The Balaban J connectivity index is 2.35. The first kappa shape index (κ1) is 10.3. The molecule has 0 saturated heterocycles. The van der Waals surface area contributed by atoms with Crippen LogP contribution in [0, 0.1) is 0 Å². The number of pyridine rings is 1. The van der Waals surface area contributed by atoms with Gasteiger partial charge in [-0.15, -0.1) is 0 Å². The van der Waals surface area contributed by atoms with Crippen molar-refractivity contribution in [2.24, 2.45) is 0 Å². The fourth-order valence-electron chi connectivity index (χ4n) is 2.00. The van der Waals surface area contributed by atoms with E-state index < -0.39 is 0 Å². The smallest absolute Gasteiger partial charge is 0.0780 e. The van der Waals surface area contributed by atoms with Crippen LogP contribution in [0.5, 0.6) is 0 Å². The third kappa shape index (κ3) is 1.79. The fourth-order valence-corrected chi connectivity index (χ4v) is 2.24. The van der Waals surface area contributed by atoms with Gasteiger partial charge in [-0.05, 0) is 12.1 Å². The average Bonchev–Trinajstić information content (AvgIpc) is 2.39. The Morgan fingerprint density at radius 2 is 1.53 bits per heavy atom. The molecule has 3 aromatic rings. The molecule has 0 spiro atoms. The predicted molar refractivity (Wildman–Crippen MR) is 72.2 cm³/mol. The molecule has 0 N–H and O–H groups in total. The van der Waals surface area contributed by atoms with E-state index in [9.17, 15) is 0 Å². The molecule has 1 heterocycles. The molecule has 82 valence electrons. The van der Waals surface area contributed by atoms with Crippen LogP contribution in [0.3, 0.4) is 0 Å². The van der Waals surface area contributed by atoms with E-state index in [0.29, 0.717) is 0 Å². The number of benzene rings is 2. The molecule has 0 amide bonds. The lowest BCUT2D eigenvalue weighted by atomic mass is 10.0. The van der Waals surface area contributed by atoms with Gasteiger partial charge in [0.25, 0.3) is 0 Å².